The first-order valence-electron chi connectivity index (χ1n) is 9.03. The normalized spacial score (nSPS) is 13.2. The Kier molecular flexibility index (Phi) is 6.56. The van der Waals surface area contributed by atoms with Gasteiger partial charge in [0, 0.05) is 5.56 Å². The summed E-state index contributed by atoms with van der Waals surface area (Å²) in [5.74, 6) is -0.424. The fourth-order valence-corrected chi connectivity index (χ4v) is 2.92. The van der Waals surface area contributed by atoms with E-state index in [1.165, 1.54) is 0 Å². The molecule has 2 aromatic carbocycles. The van der Waals surface area contributed by atoms with Gasteiger partial charge in [-0.3, -0.25) is 9.59 Å². The quantitative estimate of drug-likeness (QED) is 0.827. The summed E-state index contributed by atoms with van der Waals surface area (Å²) in [4.78, 5) is 25.3. The molecule has 0 aliphatic rings. The fourth-order valence-electron chi connectivity index (χ4n) is 2.92. The van der Waals surface area contributed by atoms with E-state index in [4.69, 9.17) is 0 Å². The van der Waals surface area contributed by atoms with E-state index in [0.29, 0.717) is 5.56 Å². The van der Waals surface area contributed by atoms with Gasteiger partial charge in [-0.25, -0.2) is 0 Å². The van der Waals surface area contributed by atoms with Gasteiger partial charge in [-0.15, -0.1) is 0 Å². The number of aryl methyl sites for hydroxylation is 2. The molecule has 138 valence electrons. The van der Waals surface area contributed by atoms with Crippen LogP contribution in [-0.4, -0.2) is 17.9 Å². The number of benzene rings is 2. The molecule has 2 unspecified atom stereocenters. The Labute approximate surface area is 156 Å². The van der Waals surface area contributed by atoms with Crippen molar-refractivity contribution in [2.24, 2.45) is 5.92 Å². The summed E-state index contributed by atoms with van der Waals surface area (Å²) in [6.07, 6.45) is 0. The SMILES string of the molecule is Cc1ccc(C(=O)NC(C(=O)NC(C)c2ccccc2C)C(C)C)cc1. The van der Waals surface area contributed by atoms with Crippen molar-refractivity contribution in [2.45, 2.75) is 46.7 Å². The van der Waals surface area contributed by atoms with Crippen molar-refractivity contribution in [3.8, 4) is 0 Å². The molecule has 0 radical (unpaired) electrons. The van der Waals surface area contributed by atoms with Crippen LogP contribution in [0.1, 0.15) is 53.9 Å². The molecule has 0 aliphatic heterocycles. The number of hydrogen-bond donors (Lipinski definition) is 2. The zero-order valence-electron chi connectivity index (χ0n) is 16.2. The molecular formula is C22H28N2O2. The molecule has 26 heavy (non-hydrogen) atoms. The predicted octanol–water partition coefficient (Wildman–Crippen LogP) is 3.94. The summed E-state index contributed by atoms with van der Waals surface area (Å²) in [6, 6.07) is 14.6. The maximum absolute atomic E-state index is 12.8. The molecule has 4 nitrogen and oxygen atoms in total. The Balaban J connectivity index is 2.08. The largest absolute Gasteiger partial charge is 0.348 e. The fraction of sp³-hybridized carbons (Fsp3) is 0.364. The molecule has 0 heterocycles. The van der Waals surface area contributed by atoms with Gasteiger partial charge in [0.2, 0.25) is 5.91 Å². The lowest BCUT2D eigenvalue weighted by atomic mass is 9.99. The zero-order valence-corrected chi connectivity index (χ0v) is 16.2. The monoisotopic (exact) mass is 352 g/mol. The van der Waals surface area contributed by atoms with Gasteiger partial charge in [0.05, 0.1) is 6.04 Å². The Morgan fingerprint density at radius 1 is 0.846 bits per heavy atom. The zero-order chi connectivity index (χ0) is 19.3. The minimum atomic E-state index is -0.588. The second-order valence-electron chi connectivity index (χ2n) is 7.15. The van der Waals surface area contributed by atoms with Crippen molar-refractivity contribution < 1.29 is 9.59 Å². The molecule has 0 saturated carbocycles. The smallest absolute Gasteiger partial charge is 0.251 e. The van der Waals surface area contributed by atoms with Crippen LogP contribution in [0, 0.1) is 19.8 Å². The molecule has 2 amide bonds. The van der Waals surface area contributed by atoms with Gasteiger partial charge in [0.15, 0.2) is 0 Å². The van der Waals surface area contributed by atoms with Crippen molar-refractivity contribution in [2.75, 3.05) is 0 Å². The van der Waals surface area contributed by atoms with E-state index in [-0.39, 0.29) is 23.8 Å². The van der Waals surface area contributed by atoms with Crippen molar-refractivity contribution >= 4 is 11.8 Å². The molecule has 2 atom stereocenters. The maximum Gasteiger partial charge on any atom is 0.251 e. The lowest BCUT2D eigenvalue weighted by Gasteiger charge is -2.25. The lowest BCUT2D eigenvalue weighted by Crippen LogP contribution is -2.50. The highest BCUT2D eigenvalue weighted by Gasteiger charge is 2.26. The summed E-state index contributed by atoms with van der Waals surface area (Å²) in [5.41, 5.74) is 3.85. The minimum Gasteiger partial charge on any atom is -0.348 e. The topological polar surface area (TPSA) is 58.2 Å². The summed E-state index contributed by atoms with van der Waals surface area (Å²) < 4.78 is 0. The third-order valence-electron chi connectivity index (χ3n) is 4.56. The highest BCUT2D eigenvalue weighted by atomic mass is 16.2. The first-order chi connectivity index (χ1) is 12.3. The number of amides is 2. The Morgan fingerprint density at radius 2 is 1.46 bits per heavy atom. The first-order valence-corrected chi connectivity index (χ1v) is 9.03. The van der Waals surface area contributed by atoms with Gasteiger partial charge in [-0.1, -0.05) is 55.8 Å². The van der Waals surface area contributed by atoms with Crippen molar-refractivity contribution in [1.29, 1.82) is 0 Å². The van der Waals surface area contributed by atoms with Gasteiger partial charge in [0.1, 0.15) is 6.04 Å². The molecule has 4 heteroatoms. The molecule has 0 spiro atoms. The van der Waals surface area contributed by atoms with Crippen LogP contribution in [0.15, 0.2) is 48.5 Å². The second kappa shape index (κ2) is 8.65. The molecule has 0 aliphatic carbocycles. The van der Waals surface area contributed by atoms with Crippen LogP contribution in [0.3, 0.4) is 0 Å². The second-order valence-corrected chi connectivity index (χ2v) is 7.15. The maximum atomic E-state index is 12.8. The molecular weight excluding hydrogens is 324 g/mol. The van der Waals surface area contributed by atoms with E-state index in [1.807, 2.05) is 71.0 Å². The van der Waals surface area contributed by atoms with Crippen LogP contribution in [0.5, 0.6) is 0 Å². The summed E-state index contributed by atoms with van der Waals surface area (Å²) >= 11 is 0. The Morgan fingerprint density at radius 3 is 2.04 bits per heavy atom. The van der Waals surface area contributed by atoms with Crippen LogP contribution < -0.4 is 10.6 Å². The van der Waals surface area contributed by atoms with Gasteiger partial charge in [-0.05, 0) is 49.9 Å². The van der Waals surface area contributed by atoms with Gasteiger partial charge in [0.25, 0.3) is 5.91 Å². The summed E-state index contributed by atoms with van der Waals surface area (Å²) in [6.45, 7) is 9.81. The summed E-state index contributed by atoms with van der Waals surface area (Å²) in [5, 5.41) is 5.90. The van der Waals surface area contributed by atoms with E-state index < -0.39 is 6.04 Å². The van der Waals surface area contributed by atoms with E-state index in [0.717, 1.165) is 16.7 Å². The predicted molar refractivity (Wildman–Crippen MR) is 105 cm³/mol. The van der Waals surface area contributed by atoms with Gasteiger partial charge < -0.3 is 10.6 Å². The van der Waals surface area contributed by atoms with Gasteiger partial charge >= 0.3 is 0 Å². The number of carbonyl (C=O) groups is 2. The highest BCUT2D eigenvalue weighted by molar-refractivity contribution is 5.97. The highest BCUT2D eigenvalue weighted by Crippen LogP contribution is 2.17. The molecule has 2 aromatic rings. The average Bonchev–Trinajstić information content (AvgIpc) is 2.59. The van der Waals surface area contributed by atoms with Crippen LogP contribution >= 0.6 is 0 Å². The standard InChI is InChI=1S/C22H28N2O2/c1-14(2)20(24-21(25)18-12-10-15(3)11-13-18)22(26)23-17(5)19-9-7-6-8-16(19)4/h6-14,17,20H,1-5H3,(H,23,26)(H,24,25). The van der Waals surface area contributed by atoms with E-state index >= 15 is 0 Å². The molecule has 0 bridgehead atoms. The minimum absolute atomic E-state index is 0.0199. The van der Waals surface area contributed by atoms with Gasteiger partial charge in [-0.2, -0.15) is 0 Å². The molecule has 0 fully saturated rings. The number of nitrogens with one attached hydrogen (secondary N) is 2. The number of carbonyl (C=O) groups excluding carboxylic acids is 2. The lowest BCUT2D eigenvalue weighted by molar-refractivity contribution is -0.124. The van der Waals surface area contributed by atoms with E-state index in [1.54, 1.807) is 12.1 Å². The van der Waals surface area contributed by atoms with Crippen molar-refractivity contribution in [3.05, 3.63) is 70.8 Å². The van der Waals surface area contributed by atoms with Crippen molar-refractivity contribution in [3.63, 3.8) is 0 Å². The number of rotatable bonds is 6. The van der Waals surface area contributed by atoms with Crippen molar-refractivity contribution in [1.82, 2.24) is 10.6 Å². The average molecular weight is 352 g/mol. The van der Waals surface area contributed by atoms with E-state index in [2.05, 4.69) is 10.6 Å². The van der Waals surface area contributed by atoms with Crippen LogP contribution in [0.25, 0.3) is 0 Å². The first kappa shape index (κ1) is 19.7. The van der Waals surface area contributed by atoms with Crippen LogP contribution in [0.2, 0.25) is 0 Å². The molecule has 2 rings (SSSR count). The molecule has 2 N–H and O–H groups in total. The Bertz CT molecular complexity index is 766. The third-order valence-corrected chi connectivity index (χ3v) is 4.56. The number of hydrogen-bond acceptors (Lipinski definition) is 2. The molecule has 0 aromatic heterocycles. The Hall–Kier alpha value is -2.62. The van der Waals surface area contributed by atoms with Crippen LogP contribution in [-0.2, 0) is 4.79 Å². The molecule has 0 saturated heterocycles. The van der Waals surface area contributed by atoms with E-state index in [9.17, 15) is 9.59 Å². The van der Waals surface area contributed by atoms with Crippen LogP contribution in [0.4, 0.5) is 0 Å². The third kappa shape index (κ3) is 4.94. The summed E-state index contributed by atoms with van der Waals surface area (Å²) in [7, 11) is 0.